The zero-order valence-electron chi connectivity index (χ0n) is 18.8. The molecule has 0 spiro atoms. The van der Waals surface area contributed by atoms with Crippen molar-refractivity contribution in [1.29, 1.82) is 0 Å². The summed E-state index contributed by atoms with van der Waals surface area (Å²) in [5, 5.41) is 9.20. The van der Waals surface area contributed by atoms with Crippen molar-refractivity contribution in [3.05, 3.63) is 35.4 Å². The molecule has 30 heavy (non-hydrogen) atoms. The minimum Gasteiger partial charge on any atom is -0.444 e. The first kappa shape index (κ1) is 24.0. The number of hydrogen-bond acceptors (Lipinski definition) is 5. The second kappa shape index (κ2) is 12.4. The summed E-state index contributed by atoms with van der Waals surface area (Å²) in [6, 6.07) is 8.56. The first-order valence-corrected chi connectivity index (χ1v) is 10.7. The van der Waals surface area contributed by atoms with E-state index >= 15 is 0 Å². The van der Waals surface area contributed by atoms with Crippen molar-refractivity contribution in [3.63, 3.8) is 0 Å². The topological polar surface area (TPSA) is 87.2 Å². The maximum absolute atomic E-state index is 11.7. The quantitative estimate of drug-likeness (QED) is 0.340. The summed E-state index contributed by atoms with van der Waals surface area (Å²) >= 11 is 0. The Bertz CT molecular complexity index is 682. The average molecular weight is 420 g/mol. The molecule has 0 bridgehead atoms. The molecular weight excluding hydrogens is 382 g/mol. The number of carbonyl (C=O) groups excluding carboxylic acids is 1. The Morgan fingerprint density at radius 3 is 2.53 bits per heavy atom. The maximum Gasteiger partial charge on any atom is 0.407 e. The number of benzene rings is 1. The lowest BCUT2D eigenvalue weighted by Crippen LogP contribution is -2.42. The average Bonchev–Trinajstić information content (AvgIpc) is 2.69. The van der Waals surface area contributed by atoms with E-state index < -0.39 is 11.7 Å². The number of nitrogens with one attached hydrogen (secondary N) is 3. The first-order valence-electron chi connectivity index (χ1n) is 10.7. The summed E-state index contributed by atoms with van der Waals surface area (Å²) < 4.78 is 10.6. The van der Waals surface area contributed by atoms with Gasteiger partial charge in [0, 0.05) is 39.3 Å². The van der Waals surface area contributed by atoms with Crippen LogP contribution in [0.15, 0.2) is 29.3 Å². The van der Waals surface area contributed by atoms with E-state index in [0.29, 0.717) is 19.6 Å². The predicted octanol–water partition coefficient (Wildman–Crippen LogP) is 2.10. The van der Waals surface area contributed by atoms with E-state index in [1.807, 2.05) is 27.7 Å². The van der Waals surface area contributed by atoms with Gasteiger partial charge in [-0.25, -0.2) is 9.79 Å². The number of carbonyl (C=O) groups is 1. The number of morpholine rings is 1. The SMILES string of the molecule is CCNC(=NCc1cccc(CN2CCOCC2)c1)NCCNC(=O)OC(C)(C)C. The molecule has 8 heteroatoms. The van der Waals surface area contributed by atoms with Crippen LogP contribution in [0, 0.1) is 0 Å². The third-order valence-electron chi connectivity index (χ3n) is 4.35. The lowest BCUT2D eigenvalue weighted by Gasteiger charge is -2.26. The van der Waals surface area contributed by atoms with E-state index in [4.69, 9.17) is 9.47 Å². The molecule has 1 aliphatic rings. The second-order valence-electron chi connectivity index (χ2n) is 8.26. The molecule has 1 heterocycles. The molecule has 1 aromatic carbocycles. The van der Waals surface area contributed by atoms with Crippen molar-refractivity contribution in [2.75, 3.05) is 45.9 Å². The van der Waals surface area contributed by atoms with E-state index in [9.17, 15) is 4.79 Å². The fourth-order valence-electron chi connectivity index (χ4n) is 3.02. The number of nitrogens with zero attached hydrogens (tertiary/aromatic N) is 2. The molecule has 1 aliphatic heterocycles. The Balaban J connectivity index is 1.80. The number of aliphatic imine (C=N–C) groups is 1. The van der Waals surface area contributed by atoms with E-state index in [1.165, 1.54) is 11.1 Å². The molecule has 0 radical (unpaired) electrons. The van der Waals surface area contributed by atoms with Gasteiger partial charge < -0.3 is 25.4 Å². The highest BCUT2D eigenvalue weighted by Crippen LogP contribution is 2.11. The van der Waals surface area contributed by atoms with E-state index in [-0.39, 0.29) is 0 Å². The van der Waals surface area contributed by atoms with Gasteiger partial charge in [0.25, 0.3) is 0 Å². The van der Waals surface area contributed by atoms with Crippen molar-refractivity contribution >= 4 is 12.1 Å². The number of amides is 1. The first-order chi connectivity index (χ1) is 14.4. The normalized spacial score (nSPS) is 15.5. The fraction of sp³-hybridized carbons (Fsp3) is 0.636. The van der Waals surface area contributed by atoms with Gasteiger partial charge in [-0.1, -0.05) is 24.3 Å². The molecule has 3 N–H and O–H groups in total. The summed E-state index contributed by atoms with van der Waals surface area (Å²) in [5.74, 6) is 0.724. The summed E-state index contributed by atoms with van der Waals surface area (Å²) in [6.07, 6.45) is -0.414. The standard InChI is InChI=1S/C22H37N5O3/c1-5-23-20(24-9-10-25-21(28)30-22(2,3)4)26-16-18-7-6-8-19(15-18)17-27-11-13-29-14-12-27/h6-8,15H,5,9-14,16-17H2,1-4H3,(H,25,28)(H2,23,24,26). The van der Waals surface area contributed by atoms with Crippen LogP contribution in [0.1, 0.15) is 38.8 Å². The van der Waals surface area contributed by atoms with Gasteiger partial charge in [-0.2, -0.15) is 0 Å². The molecular formula is C22H37N5O3. The van der Waals surface area contributed by atoms with Gasteiger partial charge >= 0.3 is 6.09 Å². The zero-order chi connectivity index (χ0) is 21.8. The van der Waals surface area contributed by atoms with Crippen molar-refractivity contribution in [3.8, 4) is 0 Å². The van der Waals surface area contributed by atoms with Crippen molar-refractivity contribution in [1.82, 2.24) is 20.9 Å². The summed E-state index contributed by atoms with van der Waals surface area (Å²) in [5.41, 5.74) is 1.97. The number of alkyl carbamates (subject to hydrolysis) is 1. The molecule has 0 unspecified atom stereocenters. The van der Waals surface area contributed by atoms with Crippen LogP contribution in [-0.2, 0) is 22.6 Å². The molecule has 1 saturated heterocycles. The van der Waals surface area contributed by atoms with Gasteiger partial charge in [-0.15, -0.1) is 0 Å². The lowest BCUT2D eigenvalue weighted by atomic mass is 10.1. The van der Waals surface area contributed by atoms with Crippen LogP contribution in [0.3, 0.4) is 0 Å². The van der Waals surface area contributed by atoms with Gasteiger partial charge in [0.15, 0.2) is 5.96 Å². The van der Waals surface area contributed by atoms with Crippen molar-refractivity contribution in [2.24, 2.45) is 4.99 Å². The summed E-state index contributed by atoms with van der Waals surface area (Å²) in [4.78, 5) is 18.8. The molecule has 1 amide bonds. The molecule has 2 rings (SSSR count). The van der Waals surface area contributed by atoms with Crippen molar-refractivity contribution < 1.29 is 14.3 Å². The summed E-state index contributed by atoms with van der Waals surface area (Å²) in [7, 11) is 0. The minimum absolute atomic E-state index is 0.414. The Morgan fingerprint density at radius 2 is 1.83 bits per heavy atom. The third-order valence-corrected chi connectivity index (χ3v) is 4.35. The minimum atomic E-state index is -0.496. The van der Waals surface area contributed by atoms with Gasteiger partial charge in [-0.05, 0) is 38.8 Å². The highest BCUT2D eigenvalue weighted by molar-refractivity contribution is 5.79. The van der Waals surface area contributed by atoms with E-state index in [0.717, 1.165) is 45.4 Å². The number of hydrogen-bond donors (Lipinski definition) is 3. The van der Waals surface area contributed by atoms with Crippen LogP contribution < -0.4 is 16.0 Å². The van der Waals surface area contributed by atoms with Crippen LogP contribution in [-0.4, -0.2) is 68.5 Å². The van der Waals surface area contributed by atoms with Crippen LogP contribution in [0.5, 0.6) is 0 Å². The fourth-order valence-corrected chi connectivity index (χ4v) is 3.02. The van der Waals surface area contributed by atoms with Gasteiger partial charge in [0.2, 0.25) is 0 Å². The van der Waals surface area contributed by atoms with Crippen LogP contribution in [0.25, 0.3) is 0 Å². The Morgan fingerprint density at radius 1 is 1.13 bits per heavy atom. The molecule has 0 aromatic heterocycles. The van der Waals surface area contributed by atoms with Crippen LogP contribution >= 0.6 is 0 Å². The molecule has 0 aliphatic carbocycles. The largest absolute Gasteiger partial charge is 0.444 e. The third kappa shape index (κ3) is 9.93. The molecule has 8 nitrogen and oxygen atoms in total. The maximum atomic E-state index is 11.7. The predicted molar refractivity (Wildman–Crippen MR) is 120 cm³/mol. The Kier molecular flexibility index (Phi) is 9.89. The van der Waals surface area contributed by atoms with Gasteiger partial charge in [0.05, 0.1) is 19.8 Å². The number of rotatable bonds is 8. The monoisotopic (exact) mass is 419 g/mol. The zero-order valence-corrected chi connectivity index (χ0v) is 18.8. The highest BCUT2D eigenvalue weighted by Gasteiger charge is 2.15. The number of ether oxygens (including phenoxy) is 2. The van der Waals surface area contributed by atoms with Gasteiger partial charge in [0.1, 0.15) is 5.60 Å². The molecule has 0 saturated carbocycles. The van der Waals surface area contributed by atoms with Gasteiger partial charge in [-0.3, -0.25) is 4.90 Å². The second-order valence-corrected chi connectivity index (χ2v) is 8.26. The molecule has 0 atom stereocenters. The van der Waals surface area contributed by atoms with E-state index in [2.05, 4.69) is 50.1 Å². The molecule has 1 fully saturated rings. The molecule has 168 valence electrons. The van der Waals surface area contributed by atoms with Crippen LogP contribution in [0.2, 0.25) is 0 Å². The molecule has 1 aromatic rings. The highest BCUT2D eigenvalue weighted by atomic mass is 16.6. The smallest absolute Gasteiger partial charge is 0.407 e. The lowest BCUT2D eigenvalue weighted by molar-refractivity contribution is 0.0342. The van der Waals surface area contributed by atoms with E-state index in [1.54, 1.807) is 0 Å². The van der Waals surface area contributed by atoms with Crippen molar-refractivity contribution in [2.45, 2.75) is 46.4 Å². The Labute approximate surface area is 180 Å². The summed E-state index contributed by atoms with van der Waals surface area (Å²) in [6.45, 7) is 14.4. The number of guanidine groups is 1. The Hall–Kier alpha value is -2.32. The van der Waals surface area contributed by atoms with Crippen LogP contribution in [0.4, 0.5) is 4.79 Å².